The van der Waals surface area contributed by atoms with E-state index in [0.29, 0.717) is 31.5 Å². The number of aromatic nitrogens is 3. The number of amides is 1. The molecule has 8 heteroatoms. The second kappa shape index (κ2) is 7.39. The minimum absolute atomic E-state index is 0.0871. The molecule has 0 bridgehead atoms. The Labute approximate surface area is 140 Å². The molecule has 3 rings (SSSR count). The van der Waals surface area contributed by atoms with Gasteiger partial charge in [-0.05, 0) is 19.9 Å². The van der Waals surface area contributed by atoms with Gasteiger partial charge in [0, 0.05) is 24.8 Å². The Hall–Kier alpha value is -2.48. The molecule has 0 atom stereocenters. The summed E-state index contributed by atoms with van der Waals surface area (Å²) in [6.07, 6.45) is 1.97. The van der Waals surface area contributed by atoms with Crippen molar-refractivity contribution in [1.82, 2.24) is 20.4 Å². The molecule has 0 radical (unpaired) electrons. The summed E-state index contributed by atoms with van der Waals surface area (Å²) in [5, 5.41) is 6.74. The normalized spacial score (nSPS) is 14.7. The summed E-state index contributed by atoms with van der Waals surface area (Å²) in [5.41, 5.74) is 2.36. The molecule has 0 unspecified atom stereocenters. The summed E-state index contributed by atoms with van der Waals surface area (Å²) >= 11 is 0. The van der Waals surface area contributed by atoms with E-state index in [0.717, 1.165) is 30.0 Å². The number of ether oxygens (including phenoxy) is 1. The van der Waals surface area contributed by atoms with Crippen LogP contribution < -0.4 is 10.2 Å². The van der Waals surface area contributed by atoms with Gasteiger partial charge in [0.15, 0.2) is 0 Å². The molecule has 1 N–H and O–H groups in total. The van der Waals surface area contributed by atoms with Gasteiger partial charge in [0.25, 0.3) is 0 Å². The van der Waals surface area contributed by atoms with E-state index in [1.807, 2.05) is 13.8 Å². The van der Waals surface area contributed by atoms with Crippen LogP contribution in [0, 0.1) is 13.8 Å². The van der Waals surface area contributed by atoms with Gasteiger partial charge in [-0.2, -0.15) is 0 Å². The molecule has 1 aliphatic heterocycles. The average molecular weight is 331 g/mol. The lowest BCUT2D eigenvalue weighted by Crippen LogP contribution is -2.37. The van der Waals surface area contributed by atoms with E-state index >= 15 is 0 Å². The van der Waals surface area contributed by atoms with Crippen LogP contribution in [0.4, 0.5) is 5.95 Å². The number of nitrogens with zero attached hydrogens (tertiary/aromatic N) is 4. The van der Waals surface area contributed by atoms with Crippen molar-refractivity contribution in [2.75, 3.05) is 31.2 Å². The minimum Gasteiger partial charge on any atom is -0.378 e. The van der Waals surface area contributed by atoms with Gasteiger partial charge < -0.3 is 19.5 Å². The minimum atomic E-state index is -0.0871. The van der Waals surface area contributed by atoms with E-state index < -0.39 is 0 Å². The van der Waals surface area contributed by atoms with Gasteiger partial charge in [-0.25, -0.2) is 9.97 Å². The van der Waals surface area contributed by atoms with E-state index in [2.05, 4.69) is 25.3 Å². The molecule has 2 aromatic rings. The van der Waals surface area contributed by atoms with Crippen molar-refractivity contribution < 1.29 is 14.1 Å². The third-order valence-electron chi connectivity index (χ3n) is 3.98. The Kier molecular flexibility index (Phi) is 5.05. The van der Waals surface area contributed by atoms with Crippen LogP contribution in [0.1, 0.15) is 22.7 Å². The first-order valence-electron chi connectivity index (χ1n) is 7.96. The van der Waals surface area contributed by atoms with Crippen LogP contribution in [0.15, 0.2) is 16.8 Å². The molecule has 0 aromatic carbocycles. The highest BCUT2D eigenvalue weighted by Gasteiger charge is 2.15. The molecule has 24 heavy (non-hydrogen) atoms. The fourth-order valence-corrected chi connectivity index (χ4v) is 2.57. The number of hydrogen-bond donors (Lipinski definition) is 1. The molecule has 0 spiro atoms. The van der Waals surface area contributed by atoms with E-state index in [1.165, 1.54) is 0 Å². The lowest BCUT2D eigenvalue weighted by Gasteiger charge is -2.26. The maximum absolute atomic E-state index is 12.1. The first-order chi connectivity index (χ1) is 11.6. The summed E-state index contributed by atoms with van der Waals surface area (Å²) < 4.78 is 10.4. The number of carbonyl (C=O) groups is 1. The second-order valence-corrected chi connectivity index (χ2v) is 5.70. The lowest BCUT2D eigenvalue weighted by molar-refractivity contribution is -0.120. The second-order valence-electron chi connectivity index (χ2n) is 5.70. The highest BCUT2D eigenvalue weighted by molar-refractivity contribution is 5.78. The molecule has 1 amide bonds. The Morgan fingerprint density at radius 1 is 1.33 bits per heavy atom. The number of carbonyl (C=O) groups excluding carboxylic acids is 1. The van der Waals surface area contributed by atoms with Gasteiger partial charge in [0.2, 0.25) is 11.9 Å². The molecule has 3 heterocycles. The number of aryl methyl sites for hydroxylation is 2. The van der Waals surface area contributed by atoms with E-state index in [4.69, 9.17) is 9.26 Å². The van der Waals surface area contributed by atoms with Crippen LogP contribution >= 0.6 is 0 Å². The molecule has 1 fully saturated rings. The fourth-order valence-electron chi connectivity index (χ4n) is 2.57. The van der Waals surface area contributed by atoms with Crippen LogP contribution in [-0.4, -0.2) is 47.3 Å². The van der Waals surface area contributed by atoms with E-state index in [-0.39, 0.29) is 12.3 Å². The van der Waals surface area contributed by atoms with Crippen molar-refractivity contribution >= 4 is 11.9 Å². The standard InChI is InChI=1S/C16H21N5O3/c1-11-14(12(2)24-20-11)9-15(22)18-10-13-3-4-17-16(19-13)21-5-7-23-8-6-21/h3-4H,5-10H2,1-2H3,(H,18,22). The predicted octanol–water partition coefficient (Wildman–Crippen LogP) is 0.777. The number of morpholine rings is 1. The third kappa shape index (κ3) is 3.88. The summed E-state index contributed by atoms with van der Waals surface area (Å²) in [6, 6.07) is 1.81. The monoisotopic (exact) mass is 331 g/mol. The maximum atomic E-state index is 12.1. The van der Waals surface area contributed by atoms with Crippen LogP contribution in [0.3, 0.4) is 0 Å². The van der Waals surface area contributed by atoms with Gasteiger partial charge in [-0.1, -0.05) is 5.16 Å². The summed E-state index contributed by atoms with van der Waals surface area (Å²) in [5.74, 6) is 1.27. The Bertz CT molecular complexity index is 690. The van der Waals surface area contributed by atoms with Crippen molar-refractivity contribution in [2.24, 2.45) is 0 Å². The first-order valence-corrected chi connectivity index (χ1v) is 7.96. The van der Waals surface area contributed by atoms with Gasteiger partial charge >= 0.3 is 0 Å². The zero-order valence-corrected chi connectivity index (χ0v) is 13.9. The Balaban J connectivity index is 1.57. The number of hydrogen-bond acceptors (Lipinski definition) is 7. The Morgan fingerprint density at radius 2 is 2.12 bits per heavy atom. The quantitative estimate of drug-likeness (QED) is 0.865. The summed E-state index contributed by atoms with van der Waals surface area (Å²) in [6.45, 7) is 6.93. The highest BCUT2D eigenvalue weighted by Crippen LogP contribution is 2.13. The maximum Gasteiger partial charge on any atom is 0.225 e. The molecule has 0 saturated carbocycles. The lowest BCUT2D eigenvalue weighted by atomic mass is 10.1. The number of nitrogens with one attached hydrogen (secondary N) is 1. The van der Waals surface area contributed by atoms with Crippen molar-refractivity contribution in [2.45, 2.75) is 26.8 Å². The van der Waals surface area contributed by atoms with Crippen molar-refractivity contribution in [3.05, 3.63) is 35.0 Å². The molecule has 128 valence electrons. The van der Waals surface area contributed by atoms with Gasteiger partial charge in [-0.15, -0.1) is 0 Å². The smallest absolute Gasteiger partial charge is 0.225 e. The topological polar surface area (TPSA) is 93.4 Å². The van der Waals surface area contributed by atoms with Gasteiger partial charge in [-0.3, -0.25) is 4.79 Å². The highest BCUT2D eigenvalue weighted by atomic mass is 16.5. The zero-order chi connectivity index (χ0) is 16.9. The van der Waals surface area contributed by atoms with Crippen LogP contribution in [-0.2, 0) is 22.5 Å². The molecule has 0 aliphatic carbocycles. The average Bonchev–Trinajstić information content (AvgIpc) is 2.93. The summed E-state index contributed by atoms with van der Waals surface area (Å²) in [4.78, 5) is 23.0. The molecule has 8 nitrogen and oxygen atoms in total. The van der Waals surface area contributed by atoms with Crippen molar-refractivity contribution in [3.63, 3.8) is 0 Å². The van der Waals surface area contributed by atoms with E-state index in [1.54, 1.807) is 12.3 Å². The Morgan fingerprint density at radius 3 is 2.83 bits per heavy atom. The SMILES string of the molecule is Cc1noc(C)c1CC(=O)NCc1ccnc(N2CCOCC2)n1. The van der Waals surface area contributed by atoms with Crippen LogP contribution in [0.2, 0.25) is 0 Å². The van der Waals surface area contributed by atoms with Crippen LogP contribution in [0.25, 0.3) is 0 Å². The van der Waals surface area contributed by atoms with Crippen molar-refractivity contribution in [3.8, 4) is 0 Å². The van der Waals surface area contributed by atoms with Gasteiger partial charge in [0.05, 0.1) is 37.6 Å². The molecular formula is C16H21N5O3. The molecule has 1 aliphatic rings. The first kappa shape index (κ1) is 16.4. The molecule has 1 saturated heterocycles. The summed E-state index contributed by atoms with van der Waals surface area (Å²) in [7, 11) is 0. The number of rotatable bonds is 5. The zero-order valence-electron chi connectivity index (χ0n) is 13.9. The van der Waals surface area contributed by atoms with E-state index in [9.17, 15) is 4.79 Å². The van der Waals surface area contributed by atoms with Crippen molar-refractivity contribution in [1.29, 1.82) is 0 Å². The number of anilines is 1. The molecular weight excluding hydrogens is 310 g/mol. The van der Waals surface area contributed by atoms with Gasteiger partial charge in [0.1, 0.15) is 5.76 Å². The third-order valence-corrected chi connectivity index (χ3v) is 3.98. The predicted molar refractivity (Wildman–Crippen MR) is 86.6 cm³/mol. The fraction of sp³-hybridized carbons (Fsp3) is 0.500. The largest absolute Gasteiger partial charge is 0.378 e. The van der Waals surface area contributed by atoms with Crippen LogP contribution in [0.5, 0.6) is 0 Å². The molecule has 2 aromatic heterocycles.